The van der Waals surface area contributed by atoms with E-state index < -0.39 is 5.92 Å². The van der Waals surface area contributed by atoms with Crippen LogP contribution in [0.2, 0.25) is 0 Å². The van der Waals surface area contributed by atoms with Crippen LogP contribution >= 0.6 is 0 Å². The molecule has 120 valence electrons. The number of hydrogen-bond acceptors (Lipinski definition) is 3. The first kappa shape index (κ1) is 16.5. The Morgan fingerprint density at radius 2 is 1.86 bits per heavy atom. The van der Waals surface area contributed by atoms with Gasteiger partial charge in [-0.25, -0.2) is 0 Å². The highest BCUT2D eigenvalue weighted by atomic mass is 16.5. The van der Waals surface area contributed by atoms with Crippen LogP contribution in [0.1, 0.15) is 44.6 Å². The second-order valence-electron chi connectivity index (χ2n) is 5.83. The summed E-state index contributed by atoms with van der Waals surface area (Å²) in [7, 11) is 0. The van der Waals surface area contributed by atoms with Gasteiger partial charge in [0.05, 0.1) is 6.61 Å². The minimum Gasteiger partial charge on any atom is -0.465 e. The van der Waals surface area contributed by atoms with E-state index in [2.05, 4.69) is 5.32 Å². The van der Waals surface area contributed by atoms with E-state index in [1.54, 1.807) is 6.92 Å². The summed E-state index contributed by atoms with van der Waals surface area (Å²) in [5, 5.41) is 2.90. The summed E-state index contributed by atoms with van der Waals surface area (Å²) in [5.74, 6) is -1.12. The van der Waals surface area contributed by atoms with Crippen molar-refractivity contribution in [1.82, 2.24) is 5.32 Å². The molecule has 1 atom stereocenters. The van der Waals surface area contributed by atoms with Gasteiger partial charge >= 0.3 is 5.97 Å². The molecule has 2 rings (SSSR count). The fourth-order valence-electron chi connectivity index (χ4n) is 3.11. The van der Waals surface area contributed by atoms with Crippen molar-refractivity contribution in [3.05, 3.63) is 35.9 Å². The van der Waals surface area contributed by atoms with Crippen molar-refractivity contribution in [2.45, 2.75) is 45.6 Å². The number of esters is 1. The third kappa shape index (κ3) is 4.58. The van der Waals surface area contributed by atoms with Crippen LogP contribution in [-0.2, 0) is 20.9 Å². The number of carbonyl (C=O) groups excluding carboxylic acids is 2. The van der Waals surface area contributed by atoms with Gasteiger partial charge < -0.3 is 10.1 Å². The second kappa shape index (κ2) is 8.57. The summed E-state index contributed by atoms with van der Waals surface area (Å²) in [4.78, 5) is 24.7. The highest BCUT2D eigenvalue weighted by Crippen LogP contribution is 2.31. The predicted octanol–water partition coefficient (Wildman–Crippen LogP) is 3.06. The van der Waals surface area contributed by atoms with E-state index in [4.69, 9.17) is 4.74 Å². The SMILES string of the molecule is CCOC(=O)[C@@H](C(=O)NCc1ccccc1)C1CCCCC1. The number of rotatable bonds is 6. The van der Waals surface area contributed by atoms with Gasteiger partial charge in [-0.15, -0.1) is 0 Å². The first-order valence-electron chi connectivity index (χ1n) is 8.20. The molecule has 4 heteroatoms. The molecule has 1 aliphatic carbocycles. The molecule has 22 heavy (non-hydrogen) atoms. The summed E-state index contributed by atoms with van der Waals surface area (Å²) in [5.41, 5.74) is 1.03. The predicted molar refractivity (Wildman–Crippen MR) is 85.0 cm³/mol. The average Bonchev–Trinajstić information content (AvgIpc) is 2.55. The highest BCUT2D eigenvalue weighted by Gasteiger charge is 2.36. The molecule has 0 heterocycles. The lowest BCUT2D eigenvalue weighted by Crippen LogP contribution is -2.41. The van der Waals surface area contributed by atoms with Crippen molar-refractivity contribution in [3.63, 3.8) is 0 Å². The van der Waals surface area contributed by atoms with Crippen LogP contribution in [0.4, 0.5) is 0 Å². The molecule has 1 aromatic carbocycles. The third-order valence-electron chi connectivity index (χ3n) is 4.25. The standard InChI is InChI=1S/C18H25NO3/c1-2-22-18(21)16(15-11-7-4-8-12-15)17(20)19-13-14-9-5-3-6-10-14/h3,5-6,9-10,15-16H,2,4,7-8,11-13H2,1H3,(H,19,20)/t16-/m1/s1. The Morgan fingerprint density at radius 3 is 2.50 bits per heavy atom. The van der Waals surface area contributed by atoms with E-state index in [1.165, 1.54) is 6.42 Å². The van der Waals surface area contributed by atoms with E-state index in [0.717, 1.165) is 31.2 Å². The first-order chi connectivity index (χ1) is 10.7. The second-order valence-corrected chi connectivity index (χ2v) is 5.83. The minimum absolute atomic E-state index is 0.114. The fraction of sp³-hybridized carbons (Fsp3) is 0.556. The molecule has 0 aromatic heterocycles. The van der Waals surface area contributed by atoms with Gasteiger partial charge in [-0.3, -0.25) is 9.59 Å². The Balaban J connectivity index is 1.99. The maximum Gasteiger partial charge on any atom is 0.318 e. The fourth-order valence-corrected chi connectivity index (χ4v) is 3.11. The first-order valence-corrected chi connectivity index (χ1v) is 8.20. The molecule has 1 aromatic rings. The van der Waals surface area contributed by atoms with E-state index >= 15 is 0 Å². The summed E-state index contributed by atoms with van der Waals surface area (Å²) >= 11 is 0. The van der Waals surface area contributed by atoms with Crippen molar-refractivity contribution >= 4 is 11.9 Å². The zero-order valence-corrected chi connectivity index (χ0v) is 13.2. The van der Waals surface area contributed by atoms with Crippen molar-refractivity contribution in [2.24, 2.45) is 11.8 Å². The van der Waals surface area contributed by atoms with Crippen LogP contribution in [-0.4, -0.2) is 18.5 Å². The Morgan fingerprint density at radius 1 is 1.18 bits per heavy atom. The molecule has 0 spiro atoms. The van der Waals surface area contributed by atoms with Crippen molar-refractivity contribution < 1.29 is 14.3 Å². The quantitative estimate of drug-likeness (QED) is 0.649. The summed E-state index contributed by atoms with van der Waals surface area (Å²) < 4.78 is 5.13. The third-order valence-corrected chi connectivity index (χ3v) is 4.25. The molecule has 1 amide bonds. The molecule has 1 N–H and O–H groups in total. The molecule has 0 unspecified atom stereocenters. The number of benzene rings is 1. The Labute approximate surface area is 132 Å². The van der Waals surface area contributed by atoms with E-state index in [0.29, 0.717) is 13.2 Å². The van der Waals surface area contributed by atoms with Crippen LogP contribution in [0, 0.1) is 11.8 Å². The zero-order valence-electron chi connectivity index (χ0n) is 13.2. The lowest BCUT2D eigenvalue weighted by molar-refractivity contribution is -0.155. The smallest absolute Gasteiger partial charge is 0.318 e. The molecular formula is C18H25NO3. The molecule has 1 fully saturated rings. The number of carbonyl (C=O) groups is 2. The number of nitrogens with one attached hydrogen (secondary N) is 1. The van der Waals surface area contributed by atoms with Crippen LogP contribution in [0.15, 0.2) is 30.3 Å². The zero-order chi connectivity index (χ0) is 15.8. The van der Waals surface area contributed by atoms with Gasteiger partial charge in [0.15, 0.2) is 0 Å². The monoisotopic (exact) mass is 303 g/mol. The molecule has 0 bridgehead atoms. The van der Waals surface area contributed by atoms with Gasteiger partial charge in [-0.2, -0.15) is 0 Å². The van der Waals surface area contributed by atoms with E-state index in [9.17, 15) is 9.59 Å². The lowest BCUT2D eigenvalue weighted by Gasteiger charge is -2.27. The molecule has 1 saturated carbocycles. The highest BCUT2D eigenvalue weighted by molar-refractivity contribution is 5.98. The summed E-state index contributed by atoms with van der Waals surface area (Å²) in [6.45, 7) is 2.54. The van der Waals surface area contributed by atoms with Crippen LogP contribution < -0.4 is 5.32 Å². The van der Waals surface area contributed by atoms with Crippen molar-refractivity contribution in [2.75, 3.05) is 6.61 Å². The Bertz CT molecular complexity index is 480. The number of hydrogen-bond donors (Lipinski definition) is 1. The normalized spacial score (nSPS) is 16.8. The topological polar surface area (TPSA) is 55.4 Å². The summed E-state index contributed by atoms with van der Waals surface area (Å²) in [6, 6.07) is 9.73. The van der Waals surface area contributed by atoms with Gasteiger partial charge in [0.1, 0.15) is 5.92 Å². The van der Waals surface area contributed by atoms with E-state index in [1.807, 2.05) is 30.3 Å². The molecule has 0 saturated heterocycles. The van der Waals surface area contributed by atoms with Crippen molar-refractivity contribution in [3.8, 4) is 0 Å². The van der Waals surface area contributed by atoms with Crippen LogP contribution in [0.5, 0.6) is 0 Å². The number of ether oxygens (including phenoxy) is 1. The van der Waals surface area contributed by atoms with Gasteiger partial charge in [0.2, 0.25) is 5.91 Å². The van der Waals surface area contributed by atoms with Gasteiger partial charge in [-0.05, 0) is 31.2 Å². The minimum atomic E-state index is -0.663. The molecule has 0 aliphatic heterocycles. The Kier molecular flexibility index (Phi) is 6.44. The van der Waals surface area contributed by atoms with E-state index in [-0.39, 0.29) is 17.8 Å². The molecule has 0 radical (unpaired) electrons. The molecule has 4 nitrogen and oxygen atoms in total. The summed E-state index contributed by atoms with van der Waals surface area (Å²) in [6.07, 6.45) is 5.24. The Hall–Kier alpha value is -1.84. The largest absolute Gasteiger partial charge is 0.465 e. The van der Waals surface area contributed by atoms with Crippen LogP contribution in [0.3, 0.4) is 0 Å². The maximum absolute atomic E-state index is 12.5. The average molecular weight is 303 g/mol. The molecular weight excluding hydrogens is 278 g/mol. The van der Waals surface area contributed by atoms with Gasteiger partial charge in [0, 0.05) is 6.54 Å². The maximum atomic E-state index is 12.5. The number of amides is 1. The van der Waals surface area contributed by atoms with Gasteiger partial charge in [0.25, 0.3) is 0 Å². The lowest BCUT2D eigenvalue weighted by atomic mass is 9.79. The van der Waals surface area contributed by atoms with Crippen molar-refractivity contribution in [1.29, 1.82) is 0 Å². The van der Waals surface area contributed by atoms with Crippen LogP contribution in [0.25, 0.3) is 0 Å². The molecule has 1 aliphatic rings. The van der Waals surface area contributed by atoms with Gasteiger partial charge in [-0.1, -0.05) is 49.6 Å².